The third kappa shape index (κ3) is 4.74. The number of aromatic nitrogens is 4. The fourth-order valence-electron chi connectivity index (χ4n) is 4.45. The monoisotopic (exact) mass is 442 g/mol. The van der Waals surface area contributed by atoms with Gasteiger partial charge in [-0.1, -0.05) is 24.3 Å². The molecule has 0 saturated carbocycles. The SMILES string of the molecule is Cc1cccc(Nc2cccc(C3CN(Cc4nc5ccccc5n4C(C)C)CCO3)n2)n1. The minimum absolute atomic E-state index is 0.0807. The van der Waals surface area contributed by atoms with Crippen LogP contribution in [-0.4, -0.2) is 44.1 Å². The lowest BCUT2D eigenvalue weighted by molar-refractivity contribution is -0.0359. The van der Waals surface area contributed by atoms with Gasteiger partial charge in [-0.3, -0.25) is 4.90 Å². The van der Waals surface area contributed by atoms with Crippen LogP contribution in [0.4, 0.5) is 11.6 Å². The Kier molecular flexibility index (Phi) is 6.07. The summed E-state index contributed by atoms with van der Waals surface area (Å²) in [5.74, 6) is 2.66. The van der Waals surface area contributed by atoms with Crippen molar-refractivity contribution >= 4 is 22.7 Å². The third-order valence-electron chi connectivity index (χ3n) is 5.95. The highest BCUT2D eigenvalue weighted by Crippen LogP contribution is 2.26. The average Bonchev–Trinajstić information content (AvgIpc) is 3.17. The molecule has 1 atom stereocenters. The number of fused-ring (bicyclic) bond motifs is 1. The molecule has 1 N–H and O–H groups in total. The summed E-state index contributed by atoms with van der Waals surface area (Å²) >= 11 is 0. The second-order valence-corrected chi connectivity index (χ2v) is 8.81. The summed E-state index contributed by atoms with van der Waals surface area (Å²) in [5.41, 5.74) is 4.14. The summed E-state index contributed by atoms with van der Waals surface area (Å²) in [7, 11) is 0. The number of nitrogens with zero attached hydrogens (tertiary/aromatic N) is 5. The zero-order chi connectivity index (χ0) is 22.8. The standard InChI is InChI=1S/C26H30N6O/c1-18(2)32-22-11-5-4-9-20(22)29-26(32)17-31-14-15-33-23(16-31)21-10-7-13-25(28-21)30-24-12-6-8-19(3)27-24/h4-13,18,23H,14-17H2,1-3H3,(H,27,28,30). The molecule has 0 radical (unpaired) electrons. The van der Waals surface area contributed by atoms with Gasteiger partial charge in [-0.25, -0.2) is 15.0 Å². The fraction of sp³-hybridized carbons (Fsp3) is 0.346. The second kappa shape index (κ2) is 9.29. The van der Waals surface area contributed by atoms with E-state index in [1.165, 1.54) is 5.52 Å². The van der Waals surface area contributed by atoms with Crippen molar-refractivity contribution in [3.05, 3.63) is 77.9 Å². The molecule has 4 aromatic rings. The van der Waals surface area contributed by atoms with E-state index in [0.717, 1.165) is 54.0 Å². The molecule has 4 heterocycles. The summed E-state index contributed by atoms with van der Waals surface area (Å²) in [6, 6.07) is 20.6. The van der Waals surface area contributed by atoms with Crippen LogP contribution < -0.4 is 5.32 Å². The predicted octanol–water partition coefficient (Wildman–Crippen LogP) is 5.03. The summed E-state index contributed by atoms with van der Waals surface area (Å²) < 4.78 is 8.46. The molecule has 1 unspecified atom stereocenters. The highest BCUT2D eigenvalue weighted by molar-refractivity contribution is 5.76. The smallest absolute Gasteiger partial charge is 0.131 e. The molecular formula is C26H30N6O. The minimum Gasteiger partial charge on any atom is -0.369 e. The number of hydrogen-bond donors (Lipinski definition) is 1. The van der Waals surface area contributed by atoms with Gasteiger partial charge in [0.05, 0.1) is 29.9 Å². The van der Waals surface area contributed by atoms with Gasteiger partial charge in [-0.05, 0) is 57.2 Å². The highest BCUT2D eigenvalue weighted by Gasteiger charge is 2.25. The van der Waals surface area contributed by atoms with Gasteiger partial charge in [0.1, 0.15) is 23.6 Å². The lowest BCUT2D eigenvalue weighted by Crippen LogP contribution is -2.38. The molecule has 1 aliphatic rings. The molecule has 0 spiro atoms. The normalized spacial score (nSPS) is 17.0. The maximum atomic E-state index is 6.12. The van der Waals surface area contributed by atoms with Gasteiger partial charge in [0, 0.05) is 24.8 Å². The molecule has 33 heavy (non-hydrogen) atoms. The van der Waals surface area contributed by atoms with E-state index in [-0.39, 0.29) is 6.10 Å². The Morgan fingerprint density at radius 1 is 0.970 bits per heavy atom. The van der Waals surface area contributed by atoms with Crippen molar-refractivity contribution in [1.29, 1.82) is 0 Å². The molecule has 7 nitrogen and oxygen atoms in total. The number of pyridine rings is 2. The molecule has 1 aromatic carbocycles. The van der Waals surface area contributed by atoms with Crippen molar-refractivity contribution in [2.45, 2.75) is 39.5 Å². The maximum absolute atomic E-state index is 6.12. The van der Waals surface area contributed by atoms with E-state index >= 15 is 0 Å². The number of hydrogen-bond acceptors (Lipinski definition) is 6. The molecule has 1 saturated heterocycles. The zero-order valence-electron chi connectivity index (χ0n) is 19.4. The predicted molar refractivity (Wildman–Crippen MR) is 131 cm³/mol. The van der Waals surface area contributed by atoms with Crippen LogP contribution in [0, 0.1) is 6.92 Å². The van der Waals surface area contributed by atoms with Crippen molar-refractivity contribution in [2.24, 2.45) is 0 Å². The fourth-order valence-corrected chi connectivity index (χ4v) is 4.45. The number of nitrogens with one attached hydrogen (secondary N) is 1. The first-order chi connectivity index (χ1) is 16.1. The first kappa shape index (κ1) is 21.6. The number of anilines is 2. The molecule has 1 aliphatic heterocycles. The molecular weight excluding hydrogens is 412 g/mol. The van der Waals surface area contributed by atoms with E-state index in [1.807, 2.05) is 49.4 Å². The van der Waals surface area contributed by atoms with Gasteiger partial charge in [-0.15, -0.1) is 0 Å². The van der Waals surface area contributed by atoms with E-state index in [0.29, 0.717) is 12.6 Å². The Morgan fingerprint density at radius 3 is 2.58 bits per heavy atom. The molecule has 1 fully saturated rings. The van der Waals surface area contributed by atoms with E-state index in [4.69, 9.17) is 14.7 Å². The van der Waals surface area contributed by atoms with Gasteiger partial charge in [0.15, 0.2) is 0 Å². The van der Waals surface area contributed by atoms with Crippen molar-refractivity contribution < 1.29 is 4.74 Å². The number of rotatable bonds is 6. The molecule has 0 amide bonds. The number of aryl methyl sites for hydroxylation is 1. The largest absolute Gasteiger partial charge is 0.369 e. The quantitative estimate of drug-likeness (QED) is 0.452. The van der Waals surface area contributed by atoms with Gasteiger partial charge in [-0.2, -0.15) is 0 Å². The Balaban J connectivity index is 1.33. The van der Waals surface area contributed by atoms with Crippen molar-refractivity contribution in [3.8, 4) is 0 Å². The van der Waals surface area contributed by atoms with Crippen LogP contribution in [0.5, 0.6) is 0 Å². The van der Waals surface area contributed by atoms with E-state index in [2.05, 4.69) is 51.8 Å². The number of imidazole rings is 1. The van der Waals surface area contributed by atoms with Gasteiger partial charge >= 0.3 is 0 Å². The van der Waals surface area contributed by atoms with Crippen LogP contribution in [-0.2, 0) is 11.3 Å². The number of para-hydroxylation sites is 2. The van der Waals surface area contributed by atoms with E-state index in [1.54, 1.807) is 0 Å². The second-order valence-electron chi connectivity index (χ2n) is 8.81. The average molecular weight is 443 g/mol. The van der Waals surface area contributed by atoms with E-state index in [9.17, 15) is 0 Å². The van der Waals surface area contributed by atoms with Crippen LogP contribution in [0.15, 0.2) is 60.7 Å². The Morgan fingerprint density at radius 2 is 1.76 bits per heavy atom. The summed E-state index contributed by atoms with van der Waals surface area (Å²) in [5, 5.41) is 3.31. The van der Waals surface area contributed by atoms with Crippen LogP contribution in [0.2, 0.25) is 0 Å². The summed E-state index contributed by atoms with van der Waals surface area (Å²) in [6.45, 7) is 9.52. The van der Waals surface area contributed by atoms with Crippen LogP contribution >= 0.6 is 0 Å². The van der Waals surface area contributed by atoms with Gasteiger partial charge in [0.25, 0.3) is 0 Å². The van der Waals surface area contributed by atoms with E-state index < -0.39 is 0 Å². The number of morpholine rings is 1. The number of benzene rings is 1. The van der Waals surface area contributed by atoms with Crippen molar-refractivity contribution in [1.82, 2.24) is 24.4 Å². The third-order valence-corrected chi connectivity index (χ3v) is 5.95. The summed E-state index contributed by atoms with van der Waals surface area (Å²) in [4.78, 5) is 16.7. The van der Waals surface area contributed by atoms with Gasteiger partial charge < -0.3 is 14.6 Å². The lowest BCUT2D eigenvalue weighted by atomic mass is 10.2. The van der Waals surface area contributed by atoms with Crippen LogP contribution in [0.1, 0.15) is 43.2 Å². The lowest BCUT2D eigenvalue weighted by Gasteiger charge is -2.32. The van der Waals surface area contributed by atoms with Crippen molar-refractivity contribution in [2.75, 3.05) is 25.0 Å². The Bertz CT molecular complexity index is 1250. The minimum atomic E-state index is -0.0807. The zero-order valence-corrected chi connectivity index (χ0v) is 19.4. The van der Waals surface area contributed by atoms with Gasteiger partial charge in [0.2, 0.25) is 0 Å². The first-order valence-electron chi connectivity index (χ1n) is 11.5. The molecule has 170 valence electrons. The summed E-state index contributed by atoms with van der Waals surface area (Å²) in [6.07, 6.45) is -0.0807. The first-order valence-corrected chi connectivity index (χ1v) is 11.5. The Labute approximate surface area is 194 Å². The molecule has 0 aliphatic carbocycles. The topological polar surface area (TPSA) is 68.1 Å². The maximum Gasteiger partial charge on any atom is 0.131 e. The van der Waals surface area contributed by atoms with Crippen LogP contribution in [0.25, 0.3) is 11.0 Å². The number of ether oxygens (including phenoxy) is 1. The Hall–Kier alpha value is -3.29. The molecule has 5 rings (SSSR count). The molecule has 3 aromatic heterocycles. The molecule has 0 bridgehead atoms. The molecule has 7 heteroatoms. The van der Waals surface area contributed by atoms with Crippen molar-refractivity contribution in [3.63, 3.8) is 0 Å². The highest BCUT2D eigenvalue weighted by atomic mass is 16.5. The van der Waals surface area contributed by atoms with Crippen LogP contribution in [0.3, 0.4) is 0 Å².